The summed E-state index contributed by atoms with van der Waals surface area (Å²) in [4.78, 5) is 4.37. The van der Waals surface area contributed by atoms with Gasteiger partial charge in [-0.05, 0) is 19.3 Å². The fraction of sp³-hybridized carbons (Fsp3) is 0.500. The molecule has 0 saturated heterocycles. The molecule has 3 rings (SSSR count). The predicted molar refractivity (Wildman–Crippen MR) is 66.4 cm³/mol. The van der Waals surface area contributed by atoms with Gasteiger partial charge in [-0.2, -0.15) is 5.10 Å². The maximum atomic E-state index is 4.42. The first-order valence-corrected chi connectivity index (χ1v) is 6.10. The van der Waals surface area contributed by atoms with Crippen molar-refractivity contribution in [2.45, 2.75) is 32.2 Å². The maximum Gasteiger partial charge on any atom is 0.207 e. The Morgan fingerprint density at radius 1 is 1.47 bits per heavy atom. The highest BCUT2D eigenvalue weighted by atomic mass is 15.3. The molecular formula is C12H17N5. The lowest BCUT2D eigenvalue weighted by Gasteiger charge is -2.07. The van der Waals surface area contributed by atoms with Crippen LogP contribution in [-0.4, -0.2) is 19.3 Å². The molecule has 0 aromatic carbocycles. The quantitative estimate of drug-likeness (QED) is 0.878. The monoisotopic (exact) mass is 231 g/mol. The second-order valence-electron chi connectivity index (χ2n) is 4.53. The van der Waals surface area contributed by atoms with Crippen molar-refractivity contribution in [3.63, 3.8) is 0 Å². The van der Waals surface area contributed by atoms with Crippen LogP contribution in [0, 0.1) is 0 Å². The van der Waals surface area contributed by atoms with Crippen molar-refractivity contribution in [1.29, 1.82) is 0 Å². The smallest absolute Gasteiger partial charge is 0.207 e. The van der Waals surface area contributed by atoms with Crippen molar-refractivity contribution in [2.24, 2.45) is 7.05 Å². The Bertz CT molecular complexity index is 521. The van der Waals surface area contributed by atoms with E-state index in [1.165, 1.54) is 12.8 Å². The summed E-state index contributed by atoms with van der Waals surface area (Å²) in [5.41, 5.74) is 2.14. The van der Waals surface area contributed by atoms with E-state index in [1.54, 1.807) is 0 Å². The highest BCUT2D eigenvalue weighted by Gasteiger charge is 2.25. The van der Waals surface area contributed by atoms with Crippen molar-refractivity contribution in [2.75, 3.05) is 5.32 Å². The normalized spacial score (nSPS) is 15.2. The van der Waals surface area contributed by atoms with E-state index >= 15 is 0 Å². The minimum atomic E-state index is 0.641. The lowest BCUT2D eigenvalue weighted by molar-refractivity contribution is 0.746. The molecule has 1 aliphatic carbocycles. The number of aromatic nitrogens is 4. The molecule has 5 heteroatoms. The van der Waals surface area contributed by atoms with E-state index in [0.717, 1.165) is 23.8 Å². The fourth-order valence-corrected chi connectivity index (χ4v) is 2.08. The Morgan fingerprint density at radius 2 is 2.29 bits per heavy atom. The van der Waals surface area contributed by atoms with Crippen LogP contribution in [-0.2, 0) is 13.5 Å². The number of nitrogens with zero attached hydrogens (tertiary/aromatic N) is 4. The highest BCUT2D eigenvalue weighted by Crippen LogP contribution is 2.37. The molecular weight excluding hydrogens is 214 g/mol. The summed E-state index contributed by atoms with van der Waals surface area (Å²) in [5.74, 6) is 0.926. The van der Waals surface area contributed by atoms with E-state index in [9.17, 15) is 0 Å². The highest BCUT2D eigenvalue weighted by molar-refractivity contribution is 5.56. The third-order valence-electron chi connectivity index (χ3n) is 3.10. The number of hydrogen-bond acceptors (Lipinski definition) is 3. The third-order valence-corrected chi connectivity index (χ3v) is 3.10. The summed E-state index contributed by atoms with van der Waals surface area (Å²) < 4.78 is 4.05. The molecule has 0 atom stereocenters. The summed E-state index contributed by atoms with van der Waals surface area (Å²) >= 11 is 0. The largest absolute Gasteiger partial charge is 0.323 e. The number of rotatable bonds is 4. The Balaban J connectivity index is 1.87. The van der Waals surface area contributed by atoms with Crippen molar-refractivity contribution >= 4 is 11.6 Å². The van der Waals surface area contributed by atoms with Crippen molar-refractivity contribution in [1.82, 2.24) is 19.3 Å². The summed E-state index contributed by atoms with van der Waals surface area (Å²) in [6, 6.07) is 0.641. The molecule has 0 spiro atoms. The van der Waals surface area contributed by atoms with Gasteiger partial charge in [0.15, 0.2) is 0 Å². The first-order chi connectivity index (χ1) is 8.28. The van der Waals surface area contributed by atoms with E-state index in [0.29, 0.717) is 6.04 Å². The van der Waals surface area contributed by atoms with Gasteiger partial charge < -0.3 is 9.88 Å². The summed E-state index contributed by atoms with van der Waals surface area (Å²) in [7, 11) is 1.94. The first kappa shape index (κ1) is 10.4. The number of aryl methyl sites for hydroxylation is 2. The molecule has 0 radical (unpaired) electrons. The maximum absolute atomic E-state index is 4.42. The number of imidazole rings is 1. The molecule has 1 aliphatic rings. The number of anilines is 2. The topological polar surface area (TPSA) is 47.7 Å². The molecule has 2 aromatic heterocycles. The molecule has 2 aromatic rings. The average molecular weight is 231 g/mol. The van der Waals surface area contributed by atoms with E-state index < -0.39 is 0 Å². The van der Waals surface area contributed by atoms with Gasteiger partial charge in [0.05, 0.1) is 11.4 Å². The van der Waals surface area contributed by atoms with Crippen molar-refractivity contribution in [3.05, 3.63) is 24.3 Å². The molecule has 1 fully saturated rings. The van der Waals surface area contributed by atoms with Crippen LogP contribution in [0.3, 0.4) is 0 Å². The van der Waals surface area contributed by atoms with Gasteiger partial charge in [-0.15, -0.1) is 0 Å². The van der Waals surface area contributed by atoms with Gasteiger partial charge in [-0.3, -0.25) is 4.68 Å². The van der Waals surface area contributed by atoms with E-state index in [-0.39, 0.29) is 0 Å². The molecule has 0 aliphatic heterocycles. The van der Waals surface area contributed by atoms with Gasteiger partial charge in [0, 0.05) is 31.7 Å². The van der Waals surface area contributed by atoms with Crippen LogP contribution in [0.25, 0.3) is 0 Å². The molecule has 0 unspecified atom stereocenters. The number of nitrogens with one attached hydrogen (secondary N) is 1. The Kier molecular flexibility index (Phi) is 2.39. The van der Waals surface area contributed by atoms with Gasteiger partial charge in [0.1, 0.15) is 0 Å². The van der Waals surface area contributed by atoms with E-state index in [2.05, 4.69) is 26.9 Å². The van der Waals surface area contributed by atoms with Crippen molar-refractivity contribution < 1.29 is 0 Å². The lowest BCUT2D eigenvalue weighted by atomic mass is 10.3. The molecule has 0 amide bonds. The Hall–Kier alpha value is -1.78. The van der Waals surface area contributed by atoms with Gasteiger partial charge in [0.25, 0.3) is 0 Å². The molecule has 1 saturated carbocycles. The van der Waals surface area contributed by atoms with Gasteiger partial charge >= 0.3 is 0 Å². The van der Waals surface area contributed by atoms with E-state index in [1.807, 2.05) is 30.3 Å². The zero-order valence-electron chi connectivity index (χ0n) is 10.2. The van der Waals surface area contributed by atoms with Gasteiger partial charge in [-0.1, -0.05) is 6.92 Å². The zero-order valence-corrected chi connectivity index (χ0v) is 10.2. The Morgan fingerprint density at radius 3 is 3.00 bits per heavy atom. The average Bonchev–Trinajstić information content (AvgIpc) is 2.95. The van der Waals surface area contributed by atoms with Crippen LogP contribution < -0.4 is 5.32 Å². The second-order valence-corrected chi connectivity index (χ2v) is 4.53. The van der Waals surface area contributed by atoms with Gasteiger partial charge in [0.2, 0.25) is 5.95 Å². The summed E-state index contributed by atoms with van der Waals surface area (Å²) in [6.07, 6.45) is 9.35. The third kappa shape index (κ3) is 1.92. The SMILES string of the molecule is CCc1nn(C)cc1Nc1nccn1C1CC1. The standard InChI is InChI=1S/C12H17N5/c1-3-10-11(8-16(2)15-10)14-12-13-6-7-17(12)9-4-5-9/h6-9H,3-5H2,1-2H3,(H,13,14). The van der Waals surface area contributed by atoms with Crippen LogP contribution in [0.5, 0.6) is 0 Å². The molecule has 0 bridgehead atoms. The summed E-state index contributed by atoms with van der Waals surface area (Å²) in [6.45, 7) is 2.11. The number of hydrogen-bond donors (Lipinski definition) is 1. The predicted octanol–water partition coefficient (Wildman–Crippen LogP) is 2.26. The van der Waals surface area contributed by atoms with E-state index in [4.69, 9.17) is 0 Å². The van der Waals surface area contributed by atoms with Crippen molar-refractivity contribution in [3.8, 4) is 0 Å². The van der Waals surface area contributed by atoms with Crippen LogP contribution in [0.1, 0.15) is 31.5 Å². The molecule has 1 N–H and O–H groups in total. The second kappa shape index (κ2) is 3.91. The summed E-state index contributed by atoms with van der Waals surface area (Å²) in [5, 5.41) is 7.80. The molecule has 90 valence electrons. The lowest BCUT2D eigenvalue weighted by Crippen LogP contribution is -2.02. The minimum absolute atomic E-state index is 0.641. The molecule has 17 heavy (non-hydrogen) atoms. The zero-order chi connectivity index (χ0) is 11.8. The fourth-order valence-electron chi connectivity index (χ4n) is 2.08. The van der Waals surface area contributed by atoms with Crippen LogP contribution in [0.2, 0.25) is 0 Å². The van der Waals surface area contributed by atoms with Crippen LogP contribution in [0.15, 0.2) is 18.6 Å². The molecule has 5 nitrogen and oxygen atoms in total. The first-order valence-electron chi connectivity index (χ1n) is 6.10. The van der Waals surface area contributed by atoms with Gasteiger partial charge in [-0.25, -0.2) is 4.98 Å². The van der Waals surface area contributed by atoms with Crippen LogP contribution >= 0.6 is 0 Å². The minimum Gasteiger partial charge on any atom is -0.323 e. The Labute approximate surface area is 100 Å². The van der Waals surface area contributed by atoms with Crippen LogP contribution in [0.4, 0.5) is 11.6 Å². The molecule has 2 heterocycles.